The van der Waals surface area contributed by atoms with Gasteiger partial charge in [0.25, 0.3) is 0 Å². The Morgan fingerprint density at radius 1 is 1.30 bits per heavy atom. The maximum atomic E-state index is 14.1. The highest BCUT2D eigenvalue weighted by Crippen LogP contribution is 2.32. The van der Waals surface area contributed by atoms with Gasteiger partial charge in [0.1, 0.15) is 23.2 Å². The van der Waals surface area contributed by atoms with Crippen LogP contribution in [-0.4, -0.2) is 18.9 Å². The summed E-state index contributed by atoms with van der Waals surface area (Å²) in [6.45, 7) is 2.17. The van der Waals surface area contributed by atoms with Crippen LogP contribution in [-0.2, 0) is 0 Å². The molecule has 2 unspecified atom stereocenters. The highest BCUT2D eigenvalue weighted by atomic mass is 19.1. The van der Waals surface area contributed by atoms with E-state index in [1.807, 2.05) is 0 Å². The maximum Gasteiger partial charge on any atom is 0.150 e. The molecular weight excluding hydrogens is 260 g/mol. The second kappa shape index (κ2) is 5.77. The number of rotatable bonds is 3. The van der Waals surface area contributed by atoms with Crippen LogP contribution >= 0.6 is 0 Å². The molecule has 20 heavy (non-hydrogen) atoms. The van der Waals surface area contributed by atoms with Crippen LogP contribution in [0.3, 0.4) is 0 Å². The lowest BCUT2D eigenvalue weighted by molar-refractivity contribution is 0.333. The Morgan fingerprint density at radius 2 is 1.90 bits per heavy atom. The van der Waals surface area contributed by atoms with E-state index in [0.717, 1.165) is 31.4 Å². The molecule has 3 nitrogen and oxygen atoms in total. The van der Waals surface area contributed by atoms with Crippen LogP contribution in [0.1, 0.15) is 38.2 Å². The first kappa shape index (κ1) is 14.8. The Labute approximate surface area is 118 Å². The first-order valence-corrected chi connectivity index (χ1v) is 6.96. The zero-order valence-electron chi connectivity index (χ0n) is 11.9. The summed E-state index contributed by atoms with van der Waals surface area (Å²) in [4.78, 5) is 1.70. The van der Waals surface area contributed by atoms with E-state index in [4.69, 9.17) is 11.1 Å². The third-order valence-electron chi connectivity index (χ3n) is 4.14. The molecule has 0 radical (unpaired) electrons. The van der Waals surface area contributed by atoms with E-state index in [0.29, 0.717) is 5.92 Å². The number of nitrogens with zero attached hydrogens (tertiary/aromatic N) is 1. The van der Waals surface area contributed by atoms with Gasteiger partial charge in [-0.2, -0.15) is 0 Å². The van der Waals surface area contributed by atoms with Crippen molar-refractivity contribution in [1.29, 1.82) is 5.41 Å². The van der Waals surface area contributed by atoms with E-state index in [1.165, 1.54) is 6.42 Å². The van der Waals surface area contributed by atoms with Gasteiger partial charge >= 0.3 is 0 Å². The molecule has 1 aliphatic carbocycles. The normalized spacial score (nSPS) is 22.6. The Balaban J connectivity index is 2.29. The average Bonchev–Trinajstić information content (AvgIpc) is 2.37. The van der Waals surface area contributed by atoms with Gasteiger partial charge in [0.2, 0.25) is 0 Å². The van der Waals surface area contributed by atoms with E-state index < -0.39 is 11.6 Å². The summed E-state index contributed by atoms with van der Waals surface area (Å²) in [5.74, 6) is -1.06. The van der Waals surface area contributed by atoms with Gasteiger partial charge < -0.3 is 10.6 Å². The van der Waals surface area contributed by atoms with Gasteiger partial charge in [-0.05, 0) is 30.9 Å². The molecule has 1 aromatic rings. The maximum absolute atomic E-state index is 14.1. The highest BCUT2D eigenvalue weighted by Gasteiger charge is 2.26. The second-order valence-electron chi connectivity index (χ2n) is 5.74. The molecule has 0 amide bonds. The molecule has 0 aliphatic heterocycles. The minimum absolute atomic E-state index is 0.0194. The van der Waals surface area contributed by atoms with Crippen LogP contribution in [0.5, 0.6) is 0 Å². The van der Waals surface area contributed by atoms with Gasteiger partial charge in [-0.15, -0.1) is 0 Å². The lowest BCUT2D eigenvalue weighted by atomic mass is 9.86. The third kappa shape index (κ3) is 2.92. The molecule has 0 aromatic heterocycles. The SMILES string of the molecule is CC1CCCC(N(C)c2c(F)cc(C(=N)N)cc2F)C1. The van der Waals surface area contributed by atoms with Crippen molar-refractivity contribution >= 4 is 11.5 Å². The van der Waals surface area contributed by atoms with Gasteiger partial charge in [-0.1, -0.05) is 19.8 Å². The molecular formula is C15H21F2N3. The predicted molar refractivity (Wildman–Crippen MR) is 77.2 cm³/mol. The second-order valence-corrected chi connectivity index (χ2v) is 5.74. The summed E-state index contributed by atoms with van der Waals surface area (Å²) in [7, 11) is 1.73. The van der Waals surface area contributed by atoms with E-state index in [-0.39, 0.29) is 23.1 Å². The number of hydrogen-bond donors (Lipinski definition) is 2. The van der Waals surface area contributed by atoms with Crippen LogP contribution < -0.4 is 10.6 Å². The third-order valence-corrected chi connectivity index (χ3v) is 4.14. The average molecular weight is 281 g/mol. The van der Waals surface area contributed by atoms with E-state index in [1.54, 1.807) is 11.9 Å². The fourth-order valence-corrected chi connectivity index (χ4v) is 2.99. The van der Waals surface area contributed by atoms with Gasteiger partial charge in [0.15, 0.2) is 0 Å². The molecule has 0 spiro atoms. The summed E-state index contributed by atoms with van der Waals surface area (Å²) < 4.78 is 28.3. The lowest BCUT2D eigenvalue weighted by Crippen LogP contribution is -2.36. The van der Waals surface area contributed by atoms with E-state index >= 15 is 0 Å². The summed E-state index contributed by atoms with van der Waals surface area (Å²) in [5, 5.41) is 7.26. The first-order valence-electron chi connectivity index (χ1n) is 6.96. The molecule has 0 heterocycles. The zero-order chi connectivity index (χ0) is 14.9. The van der Waals surface area contributed by atoms with Crippen LogP contribution in [0.2, 0.25) is 0 Å². The van der Waals surface area contributed by atoms with E-state index in [2.05, 4.69) is 6.92 Å². The Hall–Kier alpha value is -1.65. The Morgan fingerprint density at radius 3 is 2.40 bits per heavy atom. The molecule has 1 aromatic carbocycles. The largest absolute Gasteiger partial charge is 0.384 e. The number of nitrogens with one attached hydrogen (secondary N) is 1. The molecule has 3 N–H and O–H groups in total. The summed E-state index contributed by atoms with van der Waals surface area (Å²) in [6, 6.07) is 2.42. The fourth-order valence-electron chi connectivity index (χ4n) is 2.99. The number of amidine groups is 1. The Bertz CT molecular complexity index is 493. The standard InChI is InChI=1S/C15H21F2N3/c1-9-4-3-5-11(6-9)20(2)14-12(16)7-10(15(18)19)8-13(14)17/h7-9,11H,3-6H2,1-2H3,(H3,18,19). The van der Waals surface area contributed by atoms with Crippen molar-refractivity contribution in [1.82, 2.24) is 0 Å². The van der Waals surface area contributed by atoms with E-state index in [9.17, 15) is 8.78 Å². The van der Waals surface area contributed by atoms with Crippen molar-refractivity contribution in [3.8, 4) is 0 Å². The van der Waals surface area contributed by atoms with Crippen molar-refractivity contribution in [3.05, 3.63) is 29.3 Å². The van der Waals surface area contributed by atoms with Gasteiger partial charge in [-0.3, -0.25) is 5.41 Å². The van der Waals surface area contributed by atoms with Crippen molar-refractivity contribution < 1.29 is 8.78 Å². The number of hydrogen-bond acceptors (Lipinski definition) is 2. The molecule has 0 bridgehead atoms. The van der Waals surface area contributed by atoms with Crippen molar-refractivity contribution in [3.63, 3.8) is 0 Å². The van der Waals surface area contributed by atoms with Crippen LogP contribution in [0.15, 0.2) is 12.1 Å². The minimum Gasteiger partial charge on any atom is -0.384 e. The smallest absolute Gasteiger partial charge is 0.150 e. The number of halogens is 2. The molecule has 2 atom stereocenters. The van der Waals surface area contributed by atoms with Gasteiger partial charge in [-0.25, -0.2) is 8.78 Å². The van der Waals surface area contributed by atoms with Gasteiger partial charge in [0.05, 0.1) is 0 Å². The summed E-state index contributed by atoms with van der Waals surface area (Å²) in [5.41, 5.74) is 5.33. The fraction of sp³-hybridized carbons (Fsp3) is 0.533. The molecule has 0 saturated heterocycles. The number of anilines is 1. The number of nitrogen functional groups attached to an aromatic ring is 1. The van der Waals surface area contributed by atoms with Crippen molar-refractivity contribution in [2.75, 3.05) is 11.9 Å². The molecule has 1 aliphatic rings. The lowest BCUT2D eigenvalue weighted by Gasteiger charge is -2.36. The quantitative estimate of drug-likeness (QED) is 0.660. The number of benzene rings is 1. The molecule has 1 saturated carbocycles. The number of nitrogens with two attached hydrogens (primary N) is 1. The first-order chi connectivity index (χ1) is 9.40. The van der Waals surface area contributed by atoms with Crippen molar-refractivity contribution in [2.24, 2.45) is 11.7 Å². The Kier molecular flexibility index (Phi) is 4.26. The topological polar surface area (TPSA) is 53.1 Å². The summed E-state index contributed by atoms with van der Waals surface area (Å²) in [6.07, 6.45) is 4.17. The van der Waals surface area contributed by atoms with Crippen LogP contribution in [0.25, 0.3) is 0 Å². The van der Waals surface area contributed by atoms with Crippen LogP contribution in [0.4, 0.5) is 14.5 Å². The zero-order valence-corrected chi connectivity index (χ0v) is 11.9. The monoisotopic (exact) mass is 281 g/mol. The minimum atomic E-state index is -0.657. The molecule has 2 rings (SSSR count). The molecule has 110 valence electrons. The van der Waals surface area contributed by atoms with Gasteiger partial charge in [0, 0.05) is 18.7 Å². The van der Waals surface area contributed by atoms with Crippen LogP contribution in [0, 0.1) is 23.0 Å². The summed E-state index contributed by atoms with van der Waals surface area (Å²) >= 11 is 0. The highest BCUT2D eigenvalue weighted by molar-refractivity contribution is 5.95. The molecule has 5 heteroatoms. The predicted octanol–water partition coefficient (Wildman–Crippen LogP) is 3.26. The molecule has 1 fully saturated rings. The van der Waals surface area contributed by atoms with Crippen molar-refractivity contribution in [2.45, 2.75) is 38.6 Å².